The number of nitrogens with zero attached hydrogens (tertiary/aromatic N) is 1. The standard InChI is InChI=1S/C18H13ClN2O2S2/c19-17-11-14(21-25(22,23)18-7-4-10-24-18)8-9-15(17)16(12-20)13-5-2-1-3-6-13/h1-11,16,21H/t16-/m0/s1. The molecule has 0 fully saturated rings. The average molecular weight is 389 g/mol. The van der Waals surface area contributed by atoms with Crippen molar-refractivity contribution in [3.8, 4) is 6.07 Å². The number of benzene rings is 2. The molecule has 3 rings (SSSR count). The van der Waals surface area contributed by atoms with Crippen molar-refractivity contribution < 1.29 is 8.42 Å². The molecule has 0 saturated carbocycles. The molecule has 1 N–H and O–H groups in total. The van der Waals surface area contributed by atoms with Crippen LogP contribution in [0.2, 0.25) is 5.02 Å². The average Bonchev–Trinajstić information content (AvgIpc) is 3.14. The molecule has 0 unspecified atom stereocenters. The first kappa shape index (κ1) is 17.5. The van der Waals surface area contributed by atoms with Crippen LogP contribution in [0.4, 0.5) is 5.69 Å². The first-order valence-corrected chi connectivity index (χ1v) is 10.1. The maximum absolute atomic E-state index is 12.3. The van der Waals surface area contributed by atoms with E-state index in [1.54, 1.807) is 23.6 Å². The molecule has 2 aromatic carbocycles. The van der Waals surface area contributed by atoms with E-state index in [0.29, 0.717) is 16.3 Å². The summed E-state index contributed by atoms with van der Waals surface area (Å²) in [5, 5.41) is 11.6. The number of halogens is 1. The van der Waals surface area contributed by atoms with Crippen LogP contribution in [0.15, 0.2) is 70.3 Å². The second-order valence-electron chi connectivity index (χ2n) is 5.25. The molecule has 0 bridgehead atoms. The Morgan fingerprint density at radius 3 is 2.44 bits per heavy atom. The summed E-state index contributed by atoms with van der Waals surface area (Å²) in [6, 6.07) is 19.6. The summed E-state index contributed by atoms with van der Waals surface area (Å²) in [5.41, 5.74) is 1.82. The quantitative estimate of drug-likeness (QED) is 0.678. The molecule has 0 amide bonds. The number of rotatable bonds is 5. The third kappa shape index (κ3) is 3.85. The normalized spacial score (nSPS) is 12.3. The fraction of sp³-hybridized carbons (Fsp3) is 0.0556. The first-order valence-electron chi connectivity index (χ1n) is 7.31. The first-order chi connectivity index (χ1) is 12.0. The Bertz CT molecular complexity index is 1010. The highest BCUT2D eigenvalue weighted by Gasteiger charge is 2.19. The number of nitrogens with one attached hydrogen (secondary N) is 1. The molecule has 25 heavy (non-hydrogen) atoms. The van der Waals surface area contributed by atoms with Gasteiger partial charge in [-0.25, -0.2) is 8.42 Å². The smallest absolute Gasteiger partial charge is 0.271 e. The SMILES string of the molecule is N#C[C@@H](c1ccccc1)c1ccc(NS(=O)(=O)c2cccs2)cc1Cl. The number of thiophene rings is 1. The lowest BCUT2D eigenvalue weighted by molar-refractivity contribution is 0.603. The van der Waals surface area contributed by atoms with Crippen molar-refractivity contribution in [1.29, 1.82) is 5.26 Å². The van der Waals surface area contributed by atoms with Gasteiger partial charge in [-0.15, -0.1) is 11.3 Å². The van der Waals surface area contributed by atoms with Crippen LogP contribution in [-0.4, -0.2) is 8.42 Å². The van der Waals surface area contributed by atoms with Gasteiger partial charge in [-0.3, -0.25) is 4.72 Å². The van der Waals surface area contributed by atoms with Gasteiger partial charge in [0.2, 0.25) is 0 Å². The van der Waals surface area contributed by atoms with E-state index in [1.165, 1.54) is 12.1 Å². The lowest BCUT2D eigenvalue weighted by atomic mass is 9.92. The van der Waals surface area contributed by atoms with Gasteiger partial charge in [0.05, 0.1) is 17.7 Å². The predicted octanol–water partition coefficient (Wildman–Crippen LogP) is 4.86. The van der Waals surface area contributed by atoms with Gasteiger partial charge in [0.25, 0.3) is 10.0 Å². The summed E-state index contributed by atoms with van der Waals surface area (Å²) in [4.78, 5) is 0. The van der Waals surface area contributed by atoms with E-state index in [-0.39, 0.29) is 4.21 Å². The van der Waals surface area contributed by atoms with Crippen LogP contribution in [0, 0.1) is 11.3 Å². The maximum Gasteiger partial charge on any atom is 0.271 e. The third-order valence-electron chi connectivity index (χ3n) is 3.59. The summed E-state index contributed by atoms with van der Waals surface area (Å²) in [6.45, 7) is 0. The lowest BCUT2D eigenvalue weighted by Crippen LogP contribution is -2.11. The molecule has 3 aromatic rings. The summed E-state index contributed by atoms with van der Waals surface area (Å²) in [5.74, 6) is -0.517. The number of anilines is 1. The number of sulfonamides is 1. The Morgan fingerprint density at radius 1 is 1.08 bits per heavy atom. The fourth-order valence-corrected chi connectivity index (χ4v) is 4.75. The zero-order chi connectivity index (χ0) is 17.9. The fourth-order valence-electron chi connectivity index (χ4n) is 2.42. The molecule has 0 radical (unpaired) electrons. The Labute approximate surface area is 155 Å². The minimum Gasteiger partial charge on any atom is -0.279 e. The highest BCUT2D eigenvalue weighted by Crippen LogP contribution is 2.32. The number of hydrogen-bond acceptors (Lipinski definition) is 4. The predicted molar refractivity (Wildman–Crippen MR) is 100 cm³/mol. The molecule has 0 spiro atoms. The molecule has 0 aliphatic rings. The lowest BCUT2D eigenvalue weighted by Gasteiger charge is -2.14. The second-order valence-corrected chi connectivity index (χ2v) is 8.51. The molecule has 1 heterocycles. The van der Waals surface area contributed by atoms with Gasteiger partial charge in [-0.2, -0.15) is 5.26 Å². The van der Waals surface area contributed by atoms with E-state index in [2.05, 4.69) is 10.8 Å². The van der Waals surface area contributed by atoms with E-state index < -0.39 is 15.9 Å². The molecule has 0 aliphatic carbocycles. The van der Waals surface area contributed by atoms with Gasteiger partial charge in [-0.05, 0) is 34.7 Å². The Kier molecular flexibility index (Phi) is 5.09. The van der Waals surface area contributed by atoms with Gasteiger partial charge in [0.15, 0.2) is 0 Å². The zero-order valence-corrected chi connectivity index (χ0v) is 15.3. The van der Waals surface area contributed by atoms with Crippen molar-refractivity contribution in [2.75, 3.05) is 4.72 Å². The van der Waals surface area contributed by atoms with E-state index >= 15 is 0 Å². The zero-order valence-electron chi connectivity index (χ0n) is 12.9. The van der Waals surface area contributed by atoms with Gasteiger partial charge in [-0.1, -0.05) is 54.1 Å². The highest BCUT2D eigenvalue weighted by molar-refractivity contribution is 7.94. The number of hydrogen-bond donors (Lipinski definition) is 1. The monoisotopic (exact) mass is 388 g/mol. The largest absolute Gasteiger partial charge is 0.279 e. The molecule has 4 nitrogen and oxygen atoms in total. The van der Waals surface area contributed by atoms with Crippen molar-refractivity contribution in [1.82, 2.24) is 0 Å². The minimum absolute atomic E-state index is 0.229. The molecular formula is C18H13ClN2O2S2. The van der Waals surface area contributed by atoms with Crippen LogP contribution < -0.4 is 4.72 Å². The summed E-state index contributed by atoms with van der Waals surface area (Å²) < 4.78 is 27.3. The Balaban J connectivity index is 1.90. The van der Waals surface area contributed by atoms with E-state index in [4.69, 9.17) is 11.6 Å². The summed E-state index contributed by atoms with van der Waals surface area (Å²) in [7, 11) is -3.63. The van der Waals surface area contributed by atoms with Crippen LogP contribution in [-0.2, 0) is 10.0 Å². The molecule has 1 aromatic heterocycles. The van der Waals surface area contributed by atoms with Crippen LogP contribution in [0.3, 0.4) is 0 Å². The molecule has 1 atom stereocenters. The minimum atomic E-state index is -3.63. The molecular weight excluding hydrogens is 376 g/mol. The van der Waals surface area contributed by atoms with Crippen molar-refractivity contribution in [2.45, 2.75) is 10.1 Å². The number of nitriles is 1. The van der Waals surface area contributed by atoms with Crippen LogP contribution in [0.5, 0.6) is 0 Å². The summed E-state index contributed by atoms with van der Waals surface area (Å²) in [6.07, 6.45) is 0. The molecule has 0 saturated heterocycles. The molecule has 126 valence electrons. The van der Waals surface area contributed by atoms with Crippen molar-refractivity contribution in [2.24, 2.45) is 0 Å². The van der Waals surface area contributed by atoms with Crippen molar-refractivity contribution in [3.05, 3.63) is 82.2 Å². The van der Waals surface area contributed by atoms with E-state index in [1.807, 2.05) is 30.3 Å². The van der Waals surface area contributed by atoms with E-state index in [9.17, 15) is 13.7 Å². The summed E-state index contributed by atoms with van der Waals surface area (Å²) >= 11 is 7.46. The van der Waals surface area contributed by atoms with Gasteiger partial charge < -0.3 is 0 Å². The van der Waals surface area contributed by atoms with E-state index in [0.717, 1.165) is 16.9 Å². The van der Waals surface area contributed by atoms with Crippen LogP contribution in [0.1, 0.15) is 17.0 Å². The van der Waals surface area contributed by atoms with Crippen molar-refractivity contribution >= 4 is 38.6 Å². The van der Waals surface area contributed by atoms with Gasteiger partial charge >= 0.3 is 0 Å². The Morgan fingerprint density at radius 2 is 1.84 bits per heavy atom. The van der Waals surface area contributed by atoms with Gasteiger partial charge in [0.1, 0.15) is 4.21 Å². The maximum atomic E-state index is 12.3. The topological polar surface area (TPSA) is 70.0 Å². The third-order valence-corrected chi connectivity index (χ3v) is 6.69. The van der Waals surface area contributed by atoms with Crippen LogP contribution >= 0.6 is 22.9 Å². The molecule has 0 aliphatic heterocycles. The highest BCUT2D eigenvalue weighted by atomic mass is 35.5. The van der Waals surface area contributed by atoms with Crippen LogP contribution in [0.25, 0.3) is 0 Å². The Hall–Kier alpha value is -2.33. The van der Waals surface area contributed by atoms with Crippen molar-refractivity contribution in [3.63, 3.8) is 0 Å². The second kappa shape index (κ2) is 7.28. The van der Waals surface area contributed by atoms with Gasteiger partial charge in [0, 0.05) is 5.02 Å². The molecule has 7 heteroatoms.